The van der Waals surface area contributed by atoms with Crippen molar-refractivity contribution in [1.29, 1.82) is 0 Å². The van der Waals surface area contributed by atoms with Gasteiger partial charge in [-0.15, -0.1) is 0 Å². The topological polar surface area (TPSA) is 79.0 Å². The summed E-state index contributed by atoms with van der Waals surface area (Å²) in [6.45, 7) is 6.68. The van der Waals surface area contributed by atoms with Gasteiger partial charge in [0.1, 0.15) is 18.0 Å². The number of benzene rings is 1. The van der Waals surface area contributed by atoms with Gasteiger partial charge in [0, 0.05) is 19.7 Å². The second-order valence-electron chi connectivity index (χ2n) is 6.25. The van der Waals surface area contributed by atoms with Crippen molar-refractivity contribution < 1.29 is 14.3 Å². The standard InChI is InChI=1S/C20H29N3O3/c1-3-21-19(22-12-8-13-25-15-18-11-7-14-26-18)23-16-20(2,24)17-9-5-4-6-10-17/h4-7,9-11,14,24H,3,8,12-13,15-16H2,1-2H3,(H2,21,22,23). The second kappa shape index (κ2) is 10.6. The van der Waals surface area contributed by atoms with Crippen molar-refractivity contribution in [2.75, 3.05) is 26.2 Å². The molecule has 2 aromatic rings. The fourth-order valence-corrected chi connectivity index (χ4v) is 2.41. The van der Waals surface area contributed by atoms with Crippen molar-refractivity contribution in [2.24, 2.45) is 4.99 Å². The lowest BCUT2D eigenvalue weighted by Crippen LogP contribution is -2.39. The van der Waals surface area contributed by atoms with E-state index in [1.54, 1.807) is 13.2 Å². The number of nitrogens with zero attached hydrogens (tertiary/aromatic N) is 1. The minimum absolute atomic E-state index is 0.279. The first-order chi connectivity index (χ1) is 12.6. The van der Waals surface area contributed by atoms with Crippen LogP contribution in [0, 0.1) is 0 Å². The van der Waals surface area contributed by atoms with E-state index in [1.165, 1.54) is 0 Å². The fraction of sp³-hybridized carbons (Fsp3) is 0.450. The van der Waals surface area contributed by atoms with Crippen LogP contribution in [0.15, 0.2) is 58.1 Å². The molecule has 0 fully saturated rings. The molecule has 0 spiro atoms. The van der Waals surface area contributed by atoms with E-state index in [-0.39, 0.29) is 6.54 Å². The van der Waals surface area contributed by atoms with Crippen LogP contribution in [0.25, 0.3) is 0 Å². The van der Waals surface area contributed by atoms with Crippen LogP contribution in [0.2, 0.25) is 0 Å². The summed E-state index contributed by atoms with van der Waals surface area (Å²) in [5.41, 5.74) is -0.151. The van der Waals surface area contributed by atoms with E-state index in [4.69, 9.17) is 9.15 Å². The molecule has 6 nitrogen and oxygen atoms in total. The number of ether oxygens (including phenoxy) is 1. The monoisotopic (exact) mass is 359 g/mol. The van der Waals surface area contributed by atoms with Gasteiger partial charge in [-0.2, -0.15) is 0 Å². The van der Waals surface area contributed by atoms with Gasteiger partial charge in [-0.25, -0.2) is 4.99 Å². The maximum Gasteiger partial charge on any atom is 0.191 e. The molecule has 0 aliphatic heterocycles. The summed E-state index contributed by atoms with van der Waals surface area (Å²) >= 11 is 0. The summed E-state index contributed by atoms with van der Waals surface area (Å²) in [5, 5.41) is 17.1. The maximum atomic E-state index is 10.6. The van der Waals surface area contributed by atoms with Crippen LogP contribution in [0.4, 0.5) is 0 Å². The maximum absolute atomic E-state index is 10.6. The van der Waals surface area contributed by atoms with Crippen molar-refractivity contribution >= 4 is 5.96 Å². The Balaban J connectivity index is 1.73. The summed E-state index contributed by atoms with van der Waals surface area (Å²) in [6.07, 6.45) is 2.49. The largest absolute Gasteiger partial charge is 0.467 e. The van der Waals surface area contributed by atoms with Gasteiger partial charge < -0.3 is 24.9 Å². The molecule has 0 saturated heterocycles. The Morgan fingerprint density at radius 1 is 1.19 bits per heavy atom. The predicted octanol–water partition coefficient (Wildman–Crippen LogP) is 2.65. The highest BCUT2D eigenvalue weighted by Crippen LogP contribution is 2.20. The molecule has 0 aliphatic carbocycles. The molecular formula is C20H29N3O3. The van der Waals surface area contributed by atoms with Crippen molar-refractivity contribution in [3.63, 3.8) is 0 Å². The van der Waals surface area contributed by atoms with E-state index in [0.29, 0.717) is 19.2 Å². The van der Waals surface area contributed by atoms with Gasteiger partial charge in [-0.05, 0) is 38.0 Å². The first kappa shape index (κ1) is 20.0. The molecule has 0 aliphatic rings. The van der Waals surface area contributed by atoms with Gasteiger partial charge in [0.25, 0.3) is 0 Å². The number of aliphatic imine (C=N–C) groups is 1. The first-order valence-electron chi connectivity index (χ1n) is 9.02. The van der Waals surface area contributed by atoms with Gasteiger partial charge in [-0.1, -0.05) is 30.3 Å². The van der Waals surface area contributed by atoms with Gasteiger partial charge in [-0.3, -0.25) is 0 Å². The third kappa shape index (κ3) is 6.90. The first-order valence-corrected chi connectivity index (χ1v) is 9.02. The van der Waals surface area contributed by atoms with Gasteiger partial charge in [0.05, 0.1) is 12.8 Å². The average Bonchev–Trinajstić information content (AvgIpc) is 3.16. The van der Waals surface area contributed by atoms with Crippen LogP contribution in [0.3, 0.4) is 0 Å². The Morgan fingerprint density at radius 3 is 2.69 bits per heavy atom. The zero-order valence-electron chi connectivity index (χ0n) is 15.6. The number of nitrogens with one attached hydrogen (secondary N) is 2. The molecule has 142 valence electrons. The van der Waals surface area contributed by atoms with Crippen molar-refractivity contribution in [2.45, 2.75) is 32.5 Å². The van der Waals surface area contributed by atoms with Crippen molar-refractivity contribution in [3.8, 4) is 0 Å². The Hall–Kier alpha value is -2.31. The smallest absolute Gasteiger partial charge is 0.191 e. The molecule has 2 rings (SSSR count). The summed E-state index contributed by atoms with van der Waals surface area (Å²) in [5.74, 6) is 1.52. The van der Waals surface area contributed by atoms with E-state index < -0.39 is 5.60 Å². The number of furan rings is 1. The third-order valence-electron chi connectivity index (χ3n) is 3.87. The normalized spacial score (nSPS) is 14.0. The highest BCUT2D eigenvalue weighted by atomic mass is 16.5. The molecule has 0 radical (unpaired) electrons. The molecule has 1 heterocycles. The number of hydrogen-bond acceptors (Lipinski definition) is 4. The molecule has 1 unspecified atom stereocenters. The van der Waals surface area contributed by atoms with Crippen molar-refractivity contribution in [1.82, 2.24) is 10.6 Å². The van der Waals surface area contributed by atoms with Gasteiger partial charge in [0.2, 0.25) is 0 Å². The van der Waals surface area contributed by atoms with Crippen LogP contribution in [-0.4, -0.2) is 37.3 Å². The molecule has 1 aromatic heterocycles. The molecule has 1 atom stereocenters. The summed E-state index contributed by atoms with van der Waals surface area (Å²) in [4.78, 5) is 4.51. The number of guanidine groups is 1. The van der Waals surface area contributed by atoms with E-state index >= 15 is 0 Å². The number of hydrogen-bond donors (Lipinski definition) is 3. The quantitative estimate of drug-likeness (QED) is 0.345. The average molecular weight is 359 g/mol. The van der Waals surface area contributed by atoms with Crippen LogP contribution in [0.5, 0.6) is 0 Å². The van der Waals surface area contributed by atoms with Crippen LogP contribution >= 0.6 is 0 Å². The molecule has 1 aromatic carbocycles. The highest BCUT2D eigenvalue weighted by molar-refractivity contribution is 5.79. The predicted molar refractivity (Wildman–Crippen MR) is 103 cm³/mol. The van der Waals surface area contributed by atoms with Crippen LogP contribution < -0.4 is 10.6 Å². The molecule has 0 saturated carbocycles. The fourth-order valence-electron chi connectivity index (χ4n) is 2.41. The molecule has 3 N–H and O–H groups in total. The lowest BCUT2D eigenvalue weighted by Gasteiger charge is -2.22. The Labute approximate surface area is 155 Å². The highest BCUT2D eigenvalue weighted by Gasteiger charge is 2.22. The van der Waals surface area contributed by atoms with Crippen LogP contribution in [0.1, 0.15) is 31.6 Å². The van der Waals surface area contributed by atoms with E-state index in [1.807, 2.05) is 49.4 Å². The van der Waals surface area contributed by atoms with Gasteiger partial charge in [0.15, 0.2) is 5.96 Å². The van der Waals surface area contributed by atoms with E-state index in [9.17, 15) is 5.11 Å². The zero-order chi connectivity index (χ0) is 18.7. The number of aliphatic hydroxyl groups is 1. The molecular weight excluding hydrogens is 330 g/mol. The van der Waals surface area contributed by atoms with Crippen molar-refractivity contribution in [3.05, 3.63) is 60.1 Å². The Bertz CT molecular complexity index is 640. The molecule has 6 heteroatoms. The summed E-state index contributed by atoms with van der Waals surface area (Å²) in [7, 11) is 0. The third-order valence-corrected chi connectivity index (χ3v) is 3.87. The number of rotatable bonds is 10. The Morgan fingerprint density at radius 2 is 2.00 bits per heavy atom. The molecule has 26 heavy (non-hydrogen) atoms. The van der Waals surface area contributed by atoms with Gasteiger partial charge >= 0.3 is 0 Å². The lowest BCUT2D eigenvalue weighted by molar-refractivity contribution is 0.0672. The summed E-state index contributed by atoms with van der Waals surface area (Å²) < 4.78 is 10.8. The SMILES string of the molecule is CCNC(=NCC(C)(O)c1ccccc1)NCCCOCc1ccco1. The molecule has 0 amide bonds. The summed E-state index contributed by atoms with van der Waals surface area (Å²) in [6, 6.07) is 13.3. The van der Waals surface area contributed by atoms with Crippen LogP contribution in [-0.2, 0) is 16.9 Å². The molecule has 0 bridgehead atoms. The minimum Gasteiger partial charge on any atom is -0.467 e. The minimum atomic E-state index is -1.00. The lowest BCUT2D eigenvalue weighted by atomic mass is 9.96. The zero-order valence-corrected chi connectivity index (χ0v) is 15.6. The van der Waals surface area contributed by atoms with E-state index in [0.717, 1.165) is 30.8 Å². The Kier molecular flexibility index (Phi) is 8.18. The second-order valence-corrected chi connectivity index (χ2v) is 6.25. The van der Waals surface area contributed by atoms with E-state index in [2.05, 4.69) is 15.6 Å².